The van der Waals surface area contributed by atoms with Gasteiger partial charge >= 0.3 is 0 Å². The smallest absolute Gasteiger partial charge is 0.191 e. The summed E-state index contributed by atoms with van der Waals surface area (Å²) in [6.45, 7) is 4.13. The van der Waals surface area contributed by atoms with Crippen LogP contribution in [0.3, 0.4) is 0 Å². The molecule has 0 amide bonds. The van der Waals surface area contributed by atoms with Crippen molar-refractivity contribution in [3.05, 3.63) is 22.4 Å². The van der Waals surface area contributed by atoms with Gasteiger partial charge in [-0.25, -0.2) is 8.42 Å². The second kappa shape index (κ2) is 11.2. The van der Waals surface area contributed by atoms with E-state index in [0.29, 0.717) is 13.0 Å². The molecule has 0 spiro atoms. The highest BCUT2D eigenvalue weighted by Crippen LogP contribution is 2.07. The molecule has 21 heavy (non-hydrogen) atoms. The van der Waals surface area contributed by atoms with Gasteiger partial charge in [-0.15, -0.1) is 35.3 Å². The monoisotopic (exact) mass is 445 g/mol. The lowest BCUT2D eigenvalue weighted by Gasteiger charge is -2.10. The van der Waals surface area contributed by atoms with Crippen molar-refractivity contribution in [1.29, 1.82) is 0 Å². The molecular weight excluding hydrogens is 421 g/mol. The summed E-state index contributed by atoms with van der Waals surface area (Å²) in [7, 11) is -2.89. The number of thiophene rings is 1. The van der Waals surface area contributed by atoms with Gasteiger partial charge in [0.25, 0.3) is 0 Å². The molecule has 0 unspecified atom stereocenters. The van der Waals surface area contributed by atoms with Crippen LogP contribution in [0.4, 0.5) is 0 Å². The Morgan fingerprint density at radius 1 is 1.38 bits per heavy atom. The molecule has 0 saturated heterocycles. The number of halogens is 1. The maximum Gasteiger partial charge on any atom is 0.191 e. The Bertz CT molecular complexity index is 501. The zero-order valence-corrected chi connectivity index (χ0v) is 16.4. The molecule has 122 valence electrons. The number of hydrogen-bond acceptors (Lipinski definition) is 4. The van der Waals surface area contributed by atoms with Gasteiger partial charge in [-0.2, -0.15) is 0 Å². The molecule has 5 nitrogen and oxygen atoms in total. The second-order valence-electron chi connectivity index (χ2n) is 4.50. The molecule has 0 saturated carbocycles. The van der Waals surface area contributed by atoms with Gasteiger partial charge in [-0.3, -0.25) is 4.99 Å². The molecule has 1 aromatic heterocycles. The predicted octanol–water partition coefficient (Wildman–Crippen LogP) is 1.90. The molecule has 0 atom stereocenters. The van der Waals surface area contributed by atoms with Crippen LogP contribution in [-0.2, 0) is 16.3 Å². The number of aliphatic imine (C=N–C) groups is 1. The number of rotatable bonds is 8. The van der Waals surface area contributed by atoms with E-state index in [4.69, 9.17) is 0 Å². The van der Waals surface area contributed by atoms with Gasteiger partial charge in [0.1, 0.15) is 9.84 Å². The van der Waals surface area contributed by atoms with E-state index >= 15 is 0 Å². The first kappa shape index (κ1) is 20.6. The molecule has 8 heteroatoms. The van der Waals surface area contributed by atoms with E-state index in [2.05, 4.69) is 27.1 Å². The van der Waals surface area contributed by atoms with Crippen molar-refractivity contribution in [2.45, 2.75) is 19.8 Å². The quantitative estimate of drug-likeness (QED) is 0.278. The van der Waals surface area contributed by atoms with Crippen molar-refractivity contribution in [3.8, 4) is 0 Å². The van der Waals surface area contributed by atoms with Crippen molar-refractivity contribution in [2.75, 3.05) is 31.6 Å². The highest BCUT2D eigenvalue weighted by atomic mass is 127. The molecule has 0 aliphatic carbocycles. The van der Waals surface area contributed by atoms with Crippen molar-refractivity contribution in [2.24, 2.45) is 4.99 Å². The van der Waals surface area contributed by atoms with Gasteiger partial charge in [0.15, 0.2) is 5.96 Å². The first-order valence-electron chi connectivity index (χ1n) is 6.73. The molecule has 0 aromatic carbocycles. The van der Waals surface area contributed by atoms with Gasteiger partial charge in [-0.1, -0.05) is 6.07 Å². The third-order valence-electron chi connectivity index (χ3n) is 2.53. The Morgan fingerprint density at radius 2 is 2.14 bits per heavy atom. The minimum atomic E-state index is -2.89. The Hall–Kier alpha value is -0.350. The molecule has 0 radical (unpaired) electrons. The summed E-state index contributed by atoms with van der Waals surface area (Å²) in [5.41, 5.74) is 0. The molecule has 0 bridgehead atoms. The largest absolute Gasteiger partial charge is 0.357 e. The van der Waals surface area contributed by atoms with Crippen molar-refractivity contribution >= 4 is 51.1 Å². The molecule has 0 fully saturated rings. The minimum absolute atomic E-state index is 0. The van der Waals surface area contributed by atoms with Crippen LogP contribution >= 0.6 is 35.3 Å². The van der Waals surface area contributed by atoms with E-state index in [-0.39, 0.29) is 29.7 Å². The lowest BCUT2D eigenvalue weighted by atomic mass is 10.3. The number of guanidine groups is 1. The zero-order valence-electron chi connectivity index (χ0n) is 12.5. The van der Waals surface area contributed by atoms with Crippen LogP contribution in [0.1, 0.15) is 18.2 Å². The summed E-state index contributed by atoms with van der Waals surface area (Å²) in [6, 6.07) is 4.16. The number of nitrogens with zero attached hydrogens (tertiary/aromatic N) is 1. The fraction of sp³-hybridized carbons (Fsp3) is 0.615. The lowest BCUT2D eigenvalue weighted by Crippen LogP contribution is -2.38. The first-order valence-corrected chi connectivity index (χ1v) is 9.67. The molecule has 1 heterocycles. The van der Waals surface area contributed by atoms with Gasteiger partial charge in [0.05, 0.1) is 5.75 Å². The Morgan fingerprint density at radius 3 is 2.71 bits per heavy atom. The third kappa shape index (κ3) is 10.9. The average molecular weight is 445 g/mol. The van der Waals surface area contributed by atoms with Crippen LogP contribution in [0.15, 0.2) is 22.5 Å². The molecule has 1 rings (SSSR count). The van der Waals surface area contributed by atoms with E-state index < -0.39 is 9.84 Å². The highest BCUT2D eigenvalue weighted by Gasteiger charge is 2.02. The summed E-state index contributed by atoms with van der Waals surface area (Å²) in [6.07, 6.45) is 2.77. The van der Waals surface area contributed by atoms with Crippen LogP contribution in [0.25, 0.3) is 0 Å². The number of nitrogens with one attached hydrogen (secondary N) is 2. The molecule has 2 N–H and O–H groups in total. The fourth-order valence-electron chi connectivity index (χ4n) is 1.62. The Kier molecular flexibility index (Phi) is 11.1. The Balaban J connectivity index is 0.00000400. The summed E-state index contributed by atoms with van der Waals surface area (Å²) < 4.78 is 22.1. The summed E-state index contributed by atoms with van der Waals surface area (Å²) in [5.74, 6) is 0.933. The van der Waals surface area contributed by atoms with E-state index in [0.717, 1.165) is 25.5 Å². The zero-order chi connectivity index (χ0) is 14.8. The van der Waals surface area contributed by atoms with Gasteiger partial charge in [-0.05, 0) is 31.2 Å². The van der Waals surface area contributed by atoms with Gasteiger partial charge < -0.3 is 10.6 Å². The van der Waals surface area contributed by atoms with Crippen LogP contribution in [-0.4, -0.2) is 46.0 Å². The topological polar surface area (TPSA) is 70.6 Å². The SMILES string of the molecule is CCNC(=NCCCS(C)(=O)=O)NCCc1cccs1.I. The van der Waals surface area contributed by atoms with Crippen molar-refractivity contribution < 1.29 is 8.42 Å². The lowest BCUT2D eigenvalue weighted by molar-refractivity contribution is 0.599. The van der Waals surface area contributed by atoms with Crippen LogP contribution < -0.4 is 10.6 Å². The third-order valence-corrected chi connectivity index (χ3v) is 4.50. The predicted molar refractivity (Wildman–Crippen MR) is 102 cm³/mol. The van der Waals surface area contributed by atoms with E-state index in [1.54, 1.807) is 11.3 Å². The average Bonchev–Trinajstić information content (AvgIpc) is 2.86. The summed E-state index contributed by atoms with van der Waals surface area (Å²) in [5, 5.41) is 8.48. The molecule has 1 aromatic rings. The van der Waals surface area contributed by atoms with E-state index in [9.17, 15) is 8.42 Å². The molecular formula is C13H24IN3O2S2. The second-order valence-corrected chi connectivity index (χ2v) is 7.79. The van der Waals surface area contributed by atoms with Crippen LogP contribution in [0.2, 0.25) is 0 Å². The maximum atomic E-state index is 11.0. The minimum Gasteiger partial charge on any atom is -0.357 e. The Labute approximate surface area is 148 Å². The molecule has 0 aliphatic rings. The standard InChI is InChI=1S/C13H23N3O2S2.HI/c1-3-14-13(15-8-5-11-20(2,17)18)16-9-7-12-6-4-10-19-12;/h4,6,10H,3,5,7-9,11H2,1-2H3,(H2,14,15,16);1H. The number of sulfone groups is 1. The van der Waals surface area contributed by atoms with Gasteiger partial charge in [0.2, 0.25) is 0 Å². The first-order chi connectivity index (χ1) is 9.51. The van der Waals surface area contributed by atoms with Crippen molar-refractivity contribution in [3.63, 3.8) is 0 Å². The van der Waals surface area contributed by atoms with Crippen LogP contribution in [0, 0.1) is 0 Å². The summed E-state index contributed by atoms with van der Waals surface area (Å²) in [4.78, 5) is 5.71. The summed E-state index contributed by atoms with van der Waals surface area (Å²) >= 11 is 1.75. The highest BCUT2D eigenvalue weighted by molar-refractivity contribution is 14.0. The maximum absolute atomic E-state index is 11.0. The van der Waals surface area contributed by atoms with Gasteiger partial charge in [0, 0.05) is 30.8 Å². The van der Waals surface area contributed by atoms with Crippen LogP contribution in [0.5, 0.6) is 0 Å². The number of hydrogen-bond donors (Lipinski definition) is 2. The van der Waals surface area contributed by atoms with E-state index in [1.807, 2.05) is 13.0 Å². The van der Waals surface area contributed by atoms with Crippen molar-refractivity contribution in [1.82, 2.24) is 10.6 Å². The normalized spacial score (nSPS) is 11.8. The molecule has 0 aliphatic heterocycles. The fourth-order valence-corrected chi connectivity index (χ4v) is 2.98. The van der Waals surface area contributed by atoms with E-state index in [1.165, 1.54) is 11.1 Å².